The lowest BCUT2D eigenvalue weighted by Gasteiger charge is -2.17. The van der Waals surface area contributed by atoms with Crippen LogP contribution in [-0.4, -0.2) is 12.7 Å². The molecule has 19 heavy (non-hydrogen) atoms. The summed E-state index contributed by atoms with van der Waals surface area (Å²) in [5.41, 5.74) is 3.99. The third-order valence-corrected chi connectivity index (χ3v) is 3.74. The SMILES string of the molecule is CCCCc1c(C)cccc1C#CC1CCCCO1. The second-order valence-electron chi connectivity index (χ2n) is 5.33. The second-order valence-corrected chi connectivity index (χ2v) is 5.33. The Morgan fingerprint density at radius 1 is 1.32 bits per heavy atom. The van der Waals surface area contributed by atoms with E-state index < -0.39 is 0 Å². The summed E-state index contributed by atoms with van der Waals surface area (Å²) in [7, 11) is 0. The highest BCUT2D eigenvalue weighted by Crippen LogP contribution is 2.17. The van der Waals surface area contributed by atoms with Gasteiger partial charge in [-0.25, -0.2) is 0 Å². The Labute approximate surface area is 117 Å². The summed E-state index contributed by atoms with van der Waals surface area (Å²) in [6.07, 6.45) is 7.27. The first-order valence-corrected chi connectivity index (χ1v) is 7.53. The van der Waals surface area contributed by atoms with E-state index in [-0.39, 0.29) is 6.10 Å². The molecule has 2 rings (SSSR count). The maximum Gasteiger partial charge on any atom is 0.118 e. The molecule has 1 aromatic rings. The van der Waals surface area contributed by atoms with Gasteiger partial charge >= 0.3 is 0 Å². The number of rotatable bonds is 3. The highest BCUT2D eigenvalue weighted by molar-refractivity contribution is 5.45. The normalized spacial score (nSPS) is 18.7. The molecule has 1 saturated heterocycles. The Hall–Kier alpha value is -1.26. The number of hydrogen-bond acceptors (Lipinski definition) is 1. The molecule has 1 unspecified atom stereocenters. The summed E-state index contributed by atoms with van der Waals surface area (Å²) in [6.45, 7) is 5.29. The molecule has 0 saturated carbocycles. The minimum absolute atomic E-state index is 0.147. The Kier molecular flexibility index (Phi) is 5.48. The molecule has 1 fully saturated rings. The average Bonchev–Trinajstić information content (AvgIpc) is 2.45. The number of hydrogen-bond donors (Lipinski definition) is 0. The van der Waals surface area contributed by atoms with Crippen molar-refractivity contribution in [3.8, 4) is 11.8 Å². The molecule has 0 spiro atoms. The quantitative estimate of drug-likeness (QED) is 0.734. The first-order valence-electron chi connectivity index (χ1n) is 7.53. The standard InChI is InChI=1S/C18H24O/c1-3-4-11-18-15(2)8-7-9-16(18)12-13-17-10-5-6-14-19-17/h7-9,17H,3-6,10-11,14H2,1-2H3. The lowest BCUT2D eigenvalue weighted by molar-refractivity contribution is 0.0526. The minimum Gasteiger partial charge on any atom is -0.366 e. The number of aryl methyl sites for hydroxylation is 1. The Bertz CT molecular complexity index is 458. The largest absolute Gasteiger partial charge is 0.366 e. The molecule has 0 bridgehead atoms. The predicted molar refractivity (Wildman–Crippen MR) is 80.3 cm³/mol. The molecular formula is C18H24O. The van der Waals surface area contributed by atoms with Crippen LogP contribution in [0.1, 0.15) is 55.7 Å². The van der Waals surface area contributed by atoms with Gasteiger partial charge in [-0.2, -0.15) is 0 Å². The van der Waals surface area contributed by atoms with E-state index in [1.165, 1.54) is 42.4 Å². The highest BCUT2D eigenvalue weighted by Gasteiger charge is 2.10. The summed E-state index contributed by atoms with van der Waals surface area (Å²) in [6, 6.07) is 6.44. The van der Waals surface area contributed by atoms with Gasteiger partial charge in [0.25, 0.3) is 0 Å². The highest BCUT2D eigenvalue weighted by atomic mass is 16.5. The van der Waals surface area contributed by atoms with Gasteiger partial charge in [-0.05, 0) is 56.2 Å². The molecule has 102 valence electrons. The predicted octanol–water partition coefficient (Wildman–Crippen LogP) is 4.26. The van der Waals surface area contributed by atoms with Crippen LogP contribution in [0.5, 0.6) is 0 Å². The van der Waals surface area contributed by atoms with E-state index in [0.29, 0.717) is 0 Å². The number of unbranched alkanes of at least 4 members (excludes halogenated alkanes) is 1. The van der Waals surface area contributed by atoms with E-state index in [9.17, 15) is 0 Å². The van der Waals surface area contributed by atoms with E-state index in [0.717, 1.165) is 19.4 Å². The smallest absolute Gasteiger partial charge is 0.118 e. The third kappa shape index (κ3) is 4.11. The van der Waals surface area contributed by atoms with E-state index in [1.54, 1.807) is 0 Å². The van der Waals surface area contributed by atoms with Gasteiger partial charge in [-0.15, -0.1) is 0 Å². The summed E-state index contributed by atoms with van der Waals surface area (Å²) < 4.78 is 5.68. The number of benzene rings is 1. The van der Waals surface area contributed by atoms with Crippen molar-refractivity contribution in [1.82, 2.24) is 0 Å². The van der Waals surface area contributed by atoms with E-state index in [2.05, 4.69) is 43.9 Å². The molecule has 1 heterocycles. The van der Waals surface area contributed by atoms with E-state index >= 15 is 0 Å². The van der Waals surface area contributed by atoms with Crippen molar-refractivity contribution in [2.24, 2.45) is 0 Å². The van der Waals surface area contributed by atoms with Crippen LogP contribution in [0.15, 0.2) is 18.2 Å². The molecule has 0 aliphatic carbocycles. The summed E-state index contributed by atoms with van der Waals surface area (Å²) in [4.78, 5) is 0. The third-order valence-electron chi connectivity index (χ3n) is 3.74. The lowest BCUT2D eigenvalue weighted by Crippen LogP contribution is -2.16. The van der Waals surface area contributed by atoms with Gasteiger partial charge in [0.1, 0.15) is 6.10 Å². The maximum absolute atomic E-state index is 5.68. The molecule has 0 aromatic heterocycles. The zero-order valence-corrected chi connectivity index (χ0v) is 12.2. The first kappa shape index (κ1) is 14.2. The van der Waals surface area contributed by atoms with Gasteiger partial charge in [0, 0.05) is 12.2 Å². The van der Waals surface area contributed by atoms with Crippen molar-refractivity contribution in [2.75, 3.05) is 6.61 Å². The van der Waals surface area contributed by atoms with Crippen molar-refractivity contribution in [1.29, 1.82) is 0 Å². The molecule has 1 aromatic carbocycles. The van der Waals surface area contributed by atoms with E-state index in [4.69, 9.17) is 4.74 Å². The summed E-state index contributed by atoms with van der Waals surface area (Å²) in [5.74, 6) is 6.67. The van der Waals surface area contributed by atoms with Crippen molar-refractivity contribution in [3.63, 3.8) is 0 Å². The summed E-state index contributed by atoms with van der Waals surface area (Å²) in [5, 5.41) is 0. The molecule has 0 amide bonds. The molecule has 1 heteroatoms. The van der Waals surface area contributed by atoms with Gasteiger partial charge < -0.3 is 4.74 Å². The molecular weight excluding hydrogens is 232 g/mol. The van der Waals surface area contributed by atoms with Crippen molar-refractivity contribution in [3.05, 3.63) is 34.9 Å². The number of ether oxygens (including phenoxy) is 1. The Morgan fingerprint density at radius 3 is 2.95 bits per heavy atom. The fourth-order valence-corrected chi connectivity index (χ4v) is 2.52. The molecule has 1 atom stereocenters. The van der Waals surface area contributed by atoms with Crippen LogP contribution in [0.2, 0.25) is 0 Å². The Morgan fingerprint density at radius 2 is 2.21 bits per heavy atom. The second kappa shape index (κ2) is 7.36. The van der Waals surface area contributed by atoms with Crippen LogP contribution in [0.25, 0.3) is 0 Å². The monoisotopic (exact) mass is 256 g/mol. The molecule has 1 nitrogen and oxygen atoms in total. The van der Waals surface area contributed by atoms with Crippen LogP contribution >= 0.6 is 0 Å². The van der Waals surface area contributed by atoms with Crippen molar-refractivity contribution < 1.29 is 4.74 Å². The van der Waals surface area contributed by atoms with Gasteiger partial charge in [0.2, 0.25) is 0 Å². The van der Waals surface area contributed by atoms with Crippen LogP contribution in [0, 0.1) is 18.8 Å². The van der Waals surface area contributed by atoms with Crippen LogP contribution in [0.3, 0.4) is 0 Å². The maximum atomic E-state index is 5.68. The van der Waals surface area contributed by atoms with Gasteiger partial charge in [0.05, 0.1) is 0 Å². The van der Waals surface area contributed by atoms with Gasteiger partial charge in [-0.3, -0.25) is 0 Å². The van der Waals surface area contributed by atoms with Crippen LogP contribution in [-0.2, 0) is 11.2 Å². The van der Waals surface area contributed by atoms with Crippen LogP contribution in [0.4, 0.5) is 0 Å². The minimum atomic E-state index is 0.147. The zero-order valence-electron chi connectivity index (χ0n) is 12.2. The molecule has 1 aliphatic heterocycles. The zero-order chi connectivity index (χ0) is 13.5. The van der Waals surface area contributed by atoms with Crippen LogP contribution < -0.4 is 0 Å². The Balaban J connectivity index is 2.14. The lowest BCUT2D eigenvalue weighted by atomic mass is 9.97. The van der Waals surface area contributed by atoms with E-state index in [1.807, 2.05) is 0 Å². The van der Waals surface area contributed by atoms with Gasteiger partial charge in [-0.1, -0.05) is 37.3 Å². The average molecular weight is 256 g/mol. The fraction of sp³-hybridized carbons (Fsp3) is 0.556. The van der Waals surface area contributed by atoms with Crippen molar-refractivity contribution in [2.45, 2.75) is 58.5 Å². The van der Waals surface area contributed by atoms with Crippen molar-refractivity contribution >= 4 is 0 Å². The van der Waals surface area contributed by atoms with Gasteiger partial charge in [0.15, 0.2) is 0 Å². The topological polar surface area (TPSA) is 9.23 Å². The molecule has 0 N–H and O–H groups in total. The first-order chi connectivity index (χ1) is 9.31. The fourth-order valence-electron chi connectivity index (χ4n) is 2.52. The summed E-state index contributed by atoms with van der Waals surface area (Å²) >= 11 is 0. The molecule has 1 aliphatic rings. The molecule has 0 radical (unpaired) electrons.